The van der Waals surface area contributed by atoms with Gasteiger partial charge in [0.2, 0.25) is 0 Å². The summed E-state index contributed by atoms with van der Waals surface area (Å²) in [5, 5.41) is 7.81. The molecule has 0 aliphatic carbocycles. The van der Waals surface area contributed by atoms with Crippen LogP contribution in [-0.4, -0.2) is 55.1 Å². The number of piperazine rings is 1. The van der Waals surface area contributed by atoms with Crippen LogP contribution in [0.4, 0.5) is 5.82 Å². The van der Waals surface area contributed by atoms with E-state index in [9.17, 15) is 0 Å². The molecule has 0 amide bonds. The summed E-state index contributed by atoms with van der Waals surface area (Å²) in [6.45, 7) is 9.97. The lowest BCUT2D eigenvalue weighted by Crippen LogP contribution is -2.52. The van der Waals surface area contributed by atoms with Gasteiger partial charge >= 0.3 is 0 Å². The fraction of sp³-hybridized carbons (Fsp3) is 0.474. The third kappa shape index (κ3) is 4.72. The molecule has 3 heterocycles. The van der Waals surface area contributed by atoms with Gasteiger partial charge in [0.05, 0.1) is 0 Å². The molecule has 2 aromatic rings. The van der Waals surface area contributed by atoms with Crippen LogP contribution in [0.5, 0.6) is 0 Å². The highest BCUT2D eigenvalue weighted by molar-refractivity contribution is 7.07. The number of nitrogens with one attached hydrogen (secondary N) is 1. The van der Waals surface area contributed by atoms with Crippen LogP contribution in [0.25, 0.3) is 0 Å². The Bertz CT molecular complexity index is 648. The minimum Gasteiger partial charge on any atom is -0.357 e. The zero-order chi connectivity index (χ0) is 17.5. The predicted octanol–water partition coefficient (Wildman–Crippen LogP) is 3.03. The van der Waals surface area contributed by atoms with Gasteiger partial charge in [0, 0.05) is 51.4 Å². The Morgan fingerprint density at radius 1 is 1.28 bits per heavy atom. The number of pyridine rings is 1. The van der Waals surface area contributed by atoms with Crippen molar-refractivity contribution in [2.45, 2.75) is 19.8 Å². The van der Waals surface area contributed by atoms with Crippen molar-refractivity contribution in [3.05, 3.63) is 46.8 Å². The van der Waals surface area contributed by atoms with E-state index in [-0.39, 0.29) is 0 Å². The molecule has 0 bridgehead atoms. The number of thiophene rings is 1. The molecule has 134 valence electrons. The number of aliphatic imine (C=N–C) groups is 1. The third-order valence-electron chi connectivity index (χ3n) is 4.51. The molecule has 1 aliphatic heterocycles. The summed E-state index contributed by atoms with van der Waals surface area (Å²) in [6.07, 6.45) is 1.86. The summed E-state index contributed by atoms with van der Waals surface area (Å²) in [5.74, 6) is 2.55. The first-order valence-corrected chi connectivity index (χ1v) is 9.93. The lowest BCUT2D eigenvalue weighted by molar-refractivity contribution is 0.371. The molecule has 2 aromatic heterocycles. The van der Waals surface area contributed by atoms with E-state index in [1.165, 1.54) is 5.56 Å². The average molecular weight is 358 g/mol. The highest BCUT2D eigenvalue weighted by Crippen LogP contribution is 2.18. The van der Waals surface area contributed by atoms with Gasteiger partial charge in [0.25, 0.3) is 0 Å². The molecule has 0 spiro atoms. The molecule has 3 rings (SSSR count). The smallest absolute Gasteiger partial charge is 0.194 e. The van der Waals surface area contributed by atoms with Crippen LogP contribution in [0.3, 0.4) is 0 Å². The van der Waals surface area contributed by atoms with Crippen LogP contribution >= 0.6 is 11.3 Å². The Hall–Kier alpha value is -2.08. The van der Waals surface area contributed by atoms with Gasteiger partial charge in [-0.05, 0) is 41.4 Å². The van der Waals surface area contributed by atoms with Crippen molar-refractivity contribution >= 4 is 23.1 Å². The molecule has 1 N–H and O–H groups in total. The molecule has 1 saturated heterocycles. The lowest BCUT2D eigenvalue weighted by atomic mass is 10.1. The van der Waals surface area contributed by atoms with Gasteiger partial charge < -0.3 is 15.1 Å². The third-order valence-corrected chi connectivity index (χ3v) is 5.22. The van der Waals surface area contributed by atoms with Gasteiger partial charge in [-0.15, -0.1) is 0 Å². The van der Waals surface area contributed by atoms with Gasteiger partial charge in [0.1, 0.15) is 5.82 Å². The minimum atomic E-state index is 0.453. The Morgan fingerprint density at radius 3 is 2.76 bits per heavy atom. The number of anilines is 1. The topological polar surface area (TPSA) is 43.8 Å². The highest BCUT2D eigenvalue weighted by atomic mass is 32.1. The molecular weight excluding hydrogens is 330 g/mol. The van der Waals surface area contributed by atoms with Crippen LogP contribution in [0.1, 0.15) is 25.3 Å². The summed E-state index contributed by atoms with van der Waals surface area (Å²) in [4.78, 5) is 14.1. The molecule has 25 heavy (non-hydrogen) atoms. The maximum Gasteiger partial charge on any atom is 0.194 e. The second-order valence-electron chi connectivity index (χ2n) is 6.31. The van der Waals surface area contributed by atoms with Crippen LogP contribution in [0.15, 0.2) is 46.2 Å². The Labute approximate surface area is 154 Å². The highest BCUT2D eigenvalue weighted by Gasteiger charge is 2.20. The molecular formula is C19H27N5S. The van der Waals surface area contributed by atoms with E-state index in [2.05, 4.69) is 56.8 Å². The number of hydrogen-bond acceptors (Lipinski definition) is 4. The van der Waals surface area contributed by atoms with E-state index in [4.69, 9.17) is 4.99 Å². The lowest BCUT2D eigenvalue weighted by Gasteiger charge is -2.37. The first kappa shape index (κ1) is 17.7. The molecule has 0 radical (unpaired) electrons. The van der Waals surface area contributed by atoms with E-state index in [0.717, 1.165) is 51.0 Å². The maximum absolute atomic E-state index is 4.89. The molecule has 0 saturated carbocycles. The Morgan fingerprint density at radius 2 is 2.12 bits per heavy atom. The normalized spacial score (nSPS) is 16.8. The van der Waals surface area contributed by atoms with Crippen LogP contribution in [0, 0.1) is 0 Å². The minimum absolute atomic E-state index is 0.453. The van der Waals surface area contributed by atoms with Crippen molar-refractivity contribution in [2.24, 2.45) is 4.99 Å². The van der Waals surface area contributed by atoms with Crippen LogP contribution in [0.2, 0.25) is 0 Å². The summed E-state index contributed by atoms with van der Waals surface area (Å²) < 4.78 is 0. The number of aromatic nitrogens is 1. The summed E-state index contributed by atoms with van der Waals surface area (Å²) in [5.41, 5.74) is 1.38. The van der Waals surface area contributed by atoms with Gasteiger partial charge in [0.15, 0.2) is 5.96 Å². The number of hydrogen-bond donors (Lipinski definition) is 1. The molecule has 1 atom stereocenters. The number of guanidine groups is 1. The van der Waals surface area contributed by atoms with Gasteiger partial charge in [-0.2, -0.15) is 11.3 Å². The van der Waals surface area contributed by atoms with Crippen LogP contribution < -0.4 is 10.2 Å². The van der Waals surface area contributed by atoms with Crippen LogP contribution in [-0.2, 0) is 0 Å². The van der Waals surface area contributed by atoms with Crippen molar-refractivity contribution < 1.29 is 0 Å². The molecule has 5 nitrogen and oxygen atoms in total. The van der Waals surface area contributed by atoms with Crippen molar-refractivity contribution in [1.82, 2.24) is 15.2 Å². The molecule has 6 heteroatoms. The summed E-state index contributed by atoms with van der Waals surface area (Å²) >= 11 is 1.75. The van der Waals surface area contributed by atoms with E-state index >= 15 is 0 Å². The monoisotopic (exact) mass is 357 g/mol. The fourth-order valence-electron chi connectivity index (χ4n) is 3.00. The van der Waals surface area contributed by atoms with E-state index in [1.807, 2.05) is 18.3 Å². The van der Waals surface area contributed by atoms with Gasteiger partial charge in [-0.25, -0.2) is 4.98 Å². The average Bonchev–Trinajstić information content (AvgIpc) is 3.21. The van der Waals surface area contributed by atoms with E-state index < -0.39 is 0 Å². The largest absolute Gasteiger partial charge is 0.357 e. The fourth-order valence-corrected chi connectivity index (χ4v) is 3.78. The van der Waals surface area contributed by atoms with Gasteiger partial charge in [-0.3, -0.25) is 4.99 Å². The summed E-state index contributed by atoms with van der Waals surface area (Å²) in [6, 6.07) is 8.29. The van der Waals surface area contributed by atoms with E-state index in [1.54, 1.807) is 11.3 Å². The number of rotatable bonds is 5. The van der Waals surface area contributed by atoms with Crippen molar-refractivity contribution in [3.8, 4) is 0 Å². The standard InChI is InChI=1S/C19H27N5S/c1-3-20-19(22-14-16(2)17-7-13-25-15-17)24-11-9-23(10-12-24)18-6-4-5-8-21-18/h4-8,13,15-16H,3,9-12,14H2,1-2H3,(H,20,22). The van der Waals surface area contributed by atoms with E-state index in [0.29, 0.717) is 5.92 Å². The van der Waals surface area contributed by atoms with Gasteiger partial charge in [-0.1, -0.05) is 13.0 Å². The molecule has 1 fully saturated rings. The van der Waals surface area contributed by atoms with Crippen molar-refractivity contribution in [1.29, 1.82) is 0 Å². The predicted molar refractivity (Wildman–Crippen MR) is 107 cm³/mol. The first-order valence-electron chi connectivity index (χ1n) is 8.99. The second kappa shape index (κ2) is 8.85. The SMILES string of the molecule is CCNC(=NCC(C)c1ccsc1)N1CCN(c2ccccn2)CC1. The first-order chi connectivity index (χ1) is 12.3. The summed E-state index contributed by atoms with van der Waals surface area (Å²) in [7, 11) is 0. The van der Waals surface area contributed by atoms with Crippen molar-refractivity contribution in [2.75, 3.05) is 44.2 Å². The Balaban J connectivity index is 1.59. The zero-order valence-electron chi connectivity index (χ0n) is 15.1. The van der Waals surface area contributed by atoms with Crippen molar-refractivity contribution in [3.63, 3.8) is 0 Å². The molecule has 0 aromatic carbocycles. The second-order valence-corrected chi connectivity index (χ2v) is 7.09. The molecule has 1 aliphatic rings. The Kier molecular flexibility index (Phi) is 6.28. The zero-order valence-corrected chi connectivity index (χ0v) is 15.9. The number of nitrogens with zero attached hydrogens (tertiary/aromatic N) is 4. The molecule has 1 unspecified atom stereocenters. The maximum atomic E-state index is 4.89. The quantitative estimate of drug-likeness (QED) is 0.660.